The van der Waals surface area contributed by atoms with E-state index in [1.54, 1.807) is 0 Å². The van der Waals surface area contributed by atoms with E-state index in [1.807, 2.05) is 0 Å². The van der Waals surface area contributed by atoms with Gasteiger partial charge in [-0.3, -0.25) is 0 Å². The van der Waals surface area contributed by atoms with Crippen LogP contribution >= 0.6 is 0 Å². The molecule has 0 aromatic heterocycles. The van der Waals surface area contributed by atoms with Crippen LogP contribution in [0, 0.1) is 38.4 Å². The lowest BCUT2D eigenvalue weighted by atomic mass is 9.42. The molecule has 2 heteroatoms. The maximum Gasteiger partial charge on any atom is 0.0856 e. The van der Waals surface area contributed by atoms with E-state index in [2.05, 4.69) is 126 Å². The zero-order valence-electron chi connectivity index (χ0n) is 23.1. The van der Waals surface area contributed by atoms with E-state index in [4.69, 9.17) is 0 Å². The summed E-state index contributed by atoms with van der Waals surface area (Å²) >= 11 is 0. The van der Waals surface area contributed by atoms with Gasteiger partial charge in [0.15, 0.2) is 0 Å². The van der Waals surface area contributed by atoms with Gasteiger partial charge in [-0.2, -0.15) is 0 Å². The summed E-state index contributed by atoms with van der Waals surface area (Å²) in [7, 11) is 0. The largest absolute Gasteiger partial charge is 0.388 e. The molecule has 0 aromatic rings. The van der Waals surface area contributed by atoms with E-state index in [0.717, 1.165) is 11.1 Å². The molecule has 182 valence electrons. The minimum absolute atomic E-state index is 0.0374. The summed E-state index contributed by atoms with van der Waals surface area (Å²) in [4.78, 5) is 0. The Labute approximate surface area is 198 Å². The standard InChI is InChI=1S/C30H50O2/c1-20(29(27(8,9)10)18-14-16-21(23(29)31)25(2,3)4)30(28(11,12)13)19-15-17-22(24(30)32)26(5,6)7/h14-20,23-24,31-32H,1-13H3. The molecule has 0 amide bonds. The molecule has 4 atom stereocenters. The molecule has 2 aliphatic carbocycles. The van der Waals surface area contributed by atoms with Crippen LogP contribution in [-0.4, -0.2) is 22.4 Å². The number of allylic oxidation sites excluding steroid dienone is 4. The molecule has 0 heterocycles. The molecule has 4 unspecified atom stereocenters. The number of hydrogen-bond donors (Lipinski definition) is 2. The lowest BCUT2D eigenvalue weighted by molar-refractivity contribution is -0.139. The zero-order valence-corrected chi connectivity index (χ0v) is 23.1. The highest BCUT2D eigenvalue weighted by Crippen LogP contribution is 2.65. The van der Waals surface area contributed by atoms with E-state index in [0.29, 0.717) is 0 Å². The maximum atomic E-state index is 12.1. The first-order chi connectivity index (χ1) is 14.2. The molecule has 2 rings (SSSR count). The summed E-state index contributed by atoms with van der Waals surface area (Å²) in [6, 6.07) is 0. The number of aliphatic hydroxyl groups is 2. The van der Waals surface area contributed by atoms with Crippen molar-refractivity contribution in [3.8, 4) is 0 Å². The Balaban J connectivity index is 2.84. The summed E-state index contributed by atoms with van der Waals surface area (Å²) in [6.07, 6.45) is 11.7. The molecule has 0 aliphatic heterocycles. The minimum Gasteiger partial charge on any atom is -0.388 e. The molecule has 0 bridgehead atoms. The van der Waals surface area contributed by atoms with Crippen LogP contribution in [0.15, 0.2) is 47.6 Å². The quantitative estimate of drug-likeness (QED) is 0.465. The van der Waals surface area contributed by atoms with Crippen molar-refractivity contribution in [2.45, 2.75) is 102 Å². The SMILES string of the molecule is CC(C1(C(C)(C)C)C=CC=C(C(C)(C)C)C1O)C1(C(C)(C)C)C=CC=C(C(C)(C)C)C1O. The van der Waals surface area contributed by atoms with E-state index >= 15 is 0 Å². The summed E-state index contributed by atoms with van der Waals surface area (Å²) in [5.41, 5.74) is 0.259. The van der Waals surface area contributed by atoms with Crippen molar-refractivity contribution < 1.29 is 10.2 Å². The molecule has 0 saturated carbocycles. The van der Waals surface area contributed by atoms with Gasteiger partial charge in [-0.25, -0.2) is 0 Å². The van der Waals surface area contributed by atoms with Gasteiger partial charge in [0.2, 0.25) is 0 Å². The van der Waals surface area contributed by atoms with Crippen LogP contribution in [0.4, 0.5) is 0 Å². The fourth-order valence-electron chi connectivity index (χ4n) is 6.60. The van der Waals surface area contributed by atoms with Crippen molar-refractivity contribution in [1.29, 1.82) is 0 Å². The molecule has 0 saturated heterocycles. The summed E-state index contributed by atoms with van der Waals surface area (Å²) in [5.74, 6) is -0.0374. The van der Waals surface area contributed by atoms with Crippen molar-refractivity contribution in [2.24, 2.45) is 38.4 Å². The van der Waals surface area contributed by atoms with Gasteiger partial charge in [0, 0.05) is 10.8 Å². The molecule has 32 heavy (non-hydrogen) atoms. The first-order valence-electron chi connectivity index (χ1n) is 12.3. The van der Waals surface area contributed by atoms with Crippen molar-refractivity contribution >= 4 is 0 Å². The normalized spacial score (nSPS) is 33.1. The second-order valence-electron chi connectivity index (χ2n) is 14.4. The molecule has 0 radical (unpaired) electrons. The van der Waals surface area contributed by atoms with Crippen LogP contribution < -0.4 is 0 Å². The second-order valence-corrected chi connectivity index (χ2v) is 14.4. The summed E-state index contributed by atoms with van der Waals surface area (Å²) in [5, 5.41) is 24.2. The highest BCUT2D eigenvalue weighted by molar-refractivity contribution is 5.40. The first kappa shape index (κ1) is 27.1. The van der Waals surface area contributed by atoms with Crippen molar-refractivity contribution in [1.82, 2.24) is 0 Å². The van der Waals surface area contributed by atoms with Crippen LogP contribution in [-0.2, 0) is 0 Å². The number of rotatable bonds is 2. The predicted molar refractivity (Wildman–Crippen MR) is 138 cm³/mol. The molecule has 0 fully saturated rings. The van der Waals surface area contributed by atoms with Gasteiger partial charge in [-0.1, -0.05) is 126 Å². The van der Waals surface area contributed by atoms with Crippen molar-refractivity contribution in [3.05, 3.63) is 47.6 Å². The van der Waals surface area contributed by atoms with Gasteiger partial charge in [0.1, 0.15) is 0 Å². The van der Waals surface area contributed by atoms with Gasteiger partial charge in [0.25, 0.3) is 0 Å². The zero-order chi connectivity index (χ0) is 25.1. The van der Waals surface area contributed by atoms with E-state index in [9.17, 15) is 10.2 Å². The fraction of sp³-hybridized carbons (Fsp3) is 0.733. The van der Waals surface area contributed by atoms with Gasteiger partial charge in [-0.15, -0.1) is 0 Å². The topological polar surface area (TPSA) is 40.5 Å². The fourth-order valence-corrected chi connectivity index (χ4v) is 6.60. The highest BCUT2D eigenvalue weighted by Gasteiger charge is 2.63. The summed E-state index contributed by atoms with van der Waals surface area (Å²) in [6.45, 7) is 28.7. The van der Waals surface area contributed by atoms with Gasteiger partial charge in [-0.05, 0) is 38.7 Å². The second kappa shape index (κ2) is 7.98. The average molecular weight is 443 g/mol. The van der Waals surface area contributed by atoms with Crippen LogP contribution in [0.25, 0.3) is 0 Å². The first-order valence-corrected chi connectivity index (χ1v) is 12.3. The molecule has 2 nitrogen and oxygen atoms in total. The van der Waals surface area contributed by atoms with Crippen molar-refractivity contribution in [2.75, 3.05) is 0 Å². The third-order valence-corrected chi connectivity index (χ3v) is 8.55. The molecule has 2 aliphatic rings. The number of hydrogen-bond acceptors (Lipinski definition) is 2. The smallest absolute Gasteiger partial charge is 0.0856 e. The maximum absolute atomic E-state index is 12.1. The Morgan fingerprint density at radius 2 is 0.906 bits per heavy atom. The highest BCUT2D eigenvalue weighted by atomic mass is 16.3. The van der Waals surface area contributed by atoms with Gasteiger partial charge < -0.3 is 10.2 Å². The Kier molecular flexibility index (Phi) is 6.77. The van der Waals surface area contributed by atoms with Crippen LogP contribution in [0.5, 0.6) is 0 Å². The number of aliphatic hydroxyl groups excluding tert-OH is 2. The molecule has 0 aromatic carbocycles. The molecule has 2 N–H and O–H groups in total. The average Bonchev–Trinajstić information content (AvgIpc) is 2.57. The predicted octanol–water partition coefficient (Wildman–Crippen LogP) is 7.49. The third kappa shape index (κ3) is 4.00. The van der Waals surface area contributed by atoms with Crippen molar-refractivity contribution in [3.63, 3.8) is 0 Å². The van der Waals surface area contributed by atoms with Crippen LogP contribution in [0.2, 0.25) is 0 Å². The lowest BCUT2D eigenvalue weighted by Crippen LogP contribution is -2.62. The van der Waals surface area contributed by atoms with Gasteiger partial charge >= 0.3 is 0 Å². The lowest BCUT2D eigenvalue weighted by Gasteiger charge is -2.63. The Bertz CT molecular complexity index is 756. The minimum atomic E-state index is -0.633. The monoisotopic (exact) mass is 442 g/mol. The van der Waals surface area contributed by atoms with Gasteiger partial charge in [0.05, 0.1) is 12.2 Å². The third-order valence-electron chi connectivity index (χ3n) is 8.55. The molecular formula is C30H50O2. The Hall–Kier alpha value is -1.12. The summed E-state index contributed by atoms with van der Waals surface area (Å²) < 4.78 is 0. The van der Waals surface area contributed by atoms with E-state index in [-0.39, 0.29) is 27.6 Å². The Morgan fingerprint density at radius 3 is 1.12 bits per heavy atom. The molecular weight excluding hydrogens is 392 g/mol. The van der Waals surface area contributed by atoms with Crippen LogP contribution in [0.1, 0.15) is 90.0 Å². The van der Waals surface area contributed by atoms with E-state index < -0.39 is 23.0 Å². The Morgan fingerprint density at radius 1 is 0.625 bits per heavy atom. The van der Waals surface area contributed by atoms with E-state index in [1.165, 1.54) is 0 Å². The molecule has 0 spiro atoms. The van der Waals surface area contributed by atoms with Crippen LogP contribution in [0.3, 0.4) is 0 Å².